The molecule has 1 heterocycles. The van der Waals surface area contributed by atoms with E-state index < -0.39 is 0 Å². The number of carbonyl (C=O) groups excluding carboxylic acids is 1. The van der Waals surface area contributed by atoms with Crippen LogP contribution in [0.25, 0.3) is 0 Å². The fourth-order valence-corrected chi connectivity index (χ4v) is 3.65. The van der Waals surface area contributed by atoms with Crippen molar-refractivity contribution < 1.29 is 14.3 Å². The van der Waals surface area contributed by atoms with E-state index in [2.05, 4.69) is 22.9 Å². The molecule has 0 spiro atoms. The molecule has 2 N–H and O–H groups in total. The van der Waals surface area contributed by atoms with Gasteiger partial charge in [0.25, 0.3) is 5.91 Å². The average molecular weight is 436 g/mol. The van der Waals surface area contributed by atoms with Crippen molar-refractivity contribution in [3.63, 3.8) is 0 Å². The number of hydrogen-bond acceptors (Lipinski definition) is 4. The van der Waals surface area contributed by atoms with Gasteiger partial charge in [0, 0.05) is 24.7 Å². The first-order valence-electron chi connectivity index (χ1n) is 8.53. The Morgan fingerprint density at radius 3 is 2.76 bits per heavy atom. The van der Waals surface area contributed by atoms with E-state index in [0.29, 0.717) is 36.1 Å². The average Bonchev–Trinajstić information content (AvgIpc) is 2.59. The number of nitrogens with two attached hydrogens (primary N) is 1. The van der Waals surface area contributed by atoms with Crippen LogP contribution < -0.4 is 15.2 Å². The zero-order valence-electron chi connectivity index (χ0n) is 15.1. The molecule has 0 saturated carbocycles. The Kier molecular flexibility index (Phi) is 9.03. The molecule has 0 bridgehead atoms. The first kappa shape index (κ1) is 22.1. The van der Waals surface area contributed by atoms with E-state index in [-0.39, 0.29) is 24.4 Å². The summed E-state index contributed by atoms with van der Waals surface area (Å²) in [6, 6.07) is 3.66. The van der Waals surface area contributed by atoms with Gasteiger partial charge in [-0.15, -0.1) is 12.4 Å². The number of nitrogens with zero attached hydrogens (tertiary/aromatic N) is 1. The van der Waals surface area contributed by atoms with Crippen molar-refractivity contribution in [2.24, 2.45) is 11.7 Å². The Hall–Kier alpha value is -0.980. The number of likely N-dealkylation sites (tertiary alicyclic amines) is 1. The van der Waals surface area contributed by atoms with Crippen LogP contribution in [-0.4, -0.2) is 43.7 Å². The van der Waals surface area contributed by atoms with E-state index >= 15 is 0 Å². The standard InChI is InChI=1S/C18H27BrN2O3.ClH/c1-4-7-24-17-15(19)9-13(10-16(17)23-3)18(22)21-6-5-12(2)8-14(21)11-20;/h9-10,12,14H,4-8,11,20H2,1-3H3;1H. The zero-order chi connectivity index (χ0) is 17.7. The summed E-state index contributed by atoms with van der Waals surface area (Å²) >= 11 is 3.50. The third-order valence-electron chi connectivity index (χ3n) is 4.44. The lowest BCUT2D eigenvalue weighted by Gasteiger charge is -2.38. The fraction of sp³-hybridized carbons (Fsp3) is 0.611. The summed E-state index contributed by atoms with van der Waals surface area (Å²) in [6.07, 6.45) is 2.87. The van der Waals surface area contributed by atoms with Gasteiger partial charge in [-0.1, -0.05) is 13.8 Å². The molecular weight excluding hydrogens is 408 g/mol. The van der Waals surface area contributed by atoms with Gasteiger partial charge in [0.1, 0.15) is 0 Å². The largest absolute Gasteiger partial charge is 0.493 e. The lowest BCUT2D eigenvalue weighted by molar-refractivity contribution is 0.0573. The molecule has 25 heavy (non-hydrogen) atoms. The maximum absolute atomic E-state index is 13.0. The van der Waals surface area contributed by atoms with Gasteiger partial charge >= 0.3 is 0 Å². The van der Waals surface area contributed by atoms with Crippen LogP contribution in [0.15, 0.2) is 16.6 Å². The lowest BCUT2D eigenvalue weighted by Crippen LogP contribution is -2.49. The van der Waals surface area contributed by atoms with Crippen LogP contribution in [0.1, 0.15) is 43.5 Å². The minimum absolute atomic E-state index is 0. The monoisotopic (exact) mass is 434 g/mol. The Morgan fingerprint density at radius 2 is 2.16 bits per heavy atom. The molecule has 1 aliphatic rings. The highest BCUT2D eigenvalue weighted by Crippen LogP contribution is 2.37. The van der Waals surface area contributed by atoms with E-state index in [1.54, 1.807) is 13.2 Å². The third kappa shape index (κ3) is 5.25. The summed E-state index contributed by atoms with van der Waals surface area (Å²) in [6.45, 7) is 6.09. The molecule has 1 aromatic rings. The Morgan fingerprint density at radius 1 is 1.44 bits per heavy atom. The Labute approximate surface area is 164 Å². The predicted octanol–water partition coefficient (Wildman–Crippen LogP) is 3.87. The molecule has 5 nitrogen and oxygen atoms in total. The maximum Gasteiger partial charge on any atom is 0.254 e. The van der Waals surface area contributed by atoms with Crippen LogP contribution >= 0.6 is 28.3 Å². The van der Waals surface area contributed by atoms with Crippen molar-refractivity contribution in [1.29, 1.82) is 0 Å². The summed E-state index contributed by atoms with van der Waals surface area (Å²) in [5, 5.41) is 0. The molecule has 1 saturated heterocycles. The first-order valence-corrected chi connectivity index (χ1v) is 9.32. The number of rotatable bonds is 6. The number of benzene rings is 1. The first-order chi connectivity index (χ1) is 11.5. The minimum atomic E-state index is -0.00149. The third-order valence-corrected chi connectivity index (χ3v) is 5.03. The SMILES string of the molecule is CCCOc1c(Br)cc(C(=O)N2CCC(C)CC2CN)cc1OC.Cl. The molecule has 1 aliphatic heterocycles. The summed E-state index contributed by atoms with van der Waals surface area (Å²) in [5.41, 5.74) is 6.48. The summed E-state index contributed by atoms with van der Waals surface area (Å²) < 4.78 is 11.9. The molecule has 142 valence electrons. The van der Waals surface area contributed by atoms with Gasteiger partial charge < -0.3 is 20.1 Å². The van der Waals surface area contributed by atoms with Crippen molar-refractivity contribution in [2.75, 3.05) is 26.8 Å². The van der Waals surface area contributed by atoms with E-state index in [1.807, 2.05) is 17.9 Å². The highest BCUT2D eigenvalue weighted by Gasteiger charge is 2.30. The van der Waals surface area contributed by atoms with Crippen molar-refractivity contribution in [3.8, 4) is 11.5 Å². The Balaban J connectivity index is 0.00000312. The van der Waals surface area contributed by atoms with Gasteiger partial charge in [0.2, 0.25) is 0 Å². The molecule has 0 aliphatic carbocycles. The van der Waals surface area contributed by atoms with Gasteiger partial charge in [-0.25, -0.2) is 0 Å². The Bertz CT molecular complexity index is 586. The van der Waals surface area contributed by atoms with Crippen molar-refractivity contribution >= 4 is 34.2 Å². The van der Waals surface area contributed by atoms with E-state index in [9.17, 15) is 4.79 Å². The smallest absolute Gasteiger partial charge is 0.254 e. The van der Waals surface area contributed by atoms with Crippen molar-refractivity contribution in [1.82, 2.24) is 4.90 Å². The van der Waals surface area contributed by atoms with Crippen LogP contribution in [0.3, 0.4) is 0 Å². The van der Waals surface area contributed by atoms with Crippen LogP contribution in [0.4, 0.5) is 0 Å². The molecule has 2 rings (SSSR count). The highest BCUT2D eigenvalue weighted by molar-refractivity contribution is 9.10. The van der Waals surface area contributed by atoms with E-state index in [4.69, 9.17) is 15.2 Å². The number of amides is 1. The number of hydrogen-bond donors (Lipinski definition) is 1. The maximum atomic E-state index is 13.0. The van der Waals surface area contributed by atoms with Crippen LogP contribution in [0.2, 0.25) is 0 Å². The molecular formula is C18H28BrClN2O3. The normalized spacial score (nSPS) is 20.0. The second-order valence-electron chi connectivity index (χ2n) is 6.36. The molecule has 0 radical (unpaired) electrons. The molecule has 1 fully saturated rings. The number of methoxy groups -OCH3 is 1. The van der Waals surface area contributed by atoms with Crippen LogP contribution in [0, 0.1) is 5.92 Å². The number of ether oxygens (including phenoxy) is 2. The number of carbonyl (C=O) groups is 1. The topological polar surface area (TPSA) is 64.8 Å². The second-order valence-corrected chi connectivity index (χ2v) is 7.21. The van der Waals surface area contributed by atoms with Gasteiger partial charge in [0.05, 0.1) is 18.2 Å². The molecule has 0 aromatic heterocycles. The van der Waals surface area contributed by atoms with E-state index in [1.165, 1.54) is 0 Å². The lowest BCUT2D eigenvalue weighted by atomic mass is 9.92. The summed E-state index contributed by atoms with van der Waals surface area (Å²) in [4.78, 5) is 14.9. The highest BCUT2D eigenvalue weighted by atomic mass is 79.9. The number of piperidine rings is 1. The molecule has 1 amide bonds. The van der Waals surface area contributed by atoms with Gasteiger partial charge in [-0.05, 0) is 53.2 Å². The minimum Gasteiger partial charge on any atom is -0.493 e. The second kappa shape index (κ2) is 10.2. The van der Waals surface area contributed by atoms with Crippen LogP contribution in [-0.2, 0) is 0 Å². The molecule has 2 unspecified atom stereocenters. The predicted molar refractivity (Wildman–Crippen MR) is 106 cm³/mol. The van der Waals surface area contributed by atoms with Gasteiger partial charge in [-0.2, -0.15) is 0 Å². The van der Waals surface area contributed by atoms with Gasteiger partial charge in [-0.3, -0.25) is 4.79 Å². The van der Waals surface area contributed by atoms with Crippen LogP contribution in [0.5, 0.6) is 11.5 Å². The van der Waals surface area contributed by atoms with E-state index in [0.717, 1.165) is 30.3 Å². The summed E-state index contributed by atoms with van der Waals surface area (Å²) in [5.74, 6) is 1.81. The van der Waals surface area contributed by atoms with Crippen molar-refractivity contribution in [2.45, 2.75) is 39.2 Å². The van der Waals surface area contributed by atoms with Gasteiger partial charge in [0.15, 0.2) is 11.5 Å². The quantitative estimate of drug-likeness (QED) is 0.737. The summed E-state index contributed by atoms with van der Waals surface area (Å²) in [7, 11) is 1.58. The molecule has 7 heteroatoms. The van der Waals surface area contributed by atoms with Crippen molar-refractivity contribution in [3.05, 3.63) is 22.2 Å². The molecule has 2 atom stereocenters. The zero-order valence-corrected chi connectivity index (χ0v) is 17.5. The molecule has 1 aromatic carbocycles. The fourth-order valence-electron chi connectivity index (χ4n) is 3.10. The number of halogens is 2.